The third-order valence-electron chi connectivity index (χ3n) is 3.98. The van der Waals surface area contributed by atoms with Crippen LogP contribution in [0.3, 0.4) is 0 Å². The number of aryl methyl sites for hydroxylation is 1. The minimum absolute atomic E-state index is 0.201. The van der Waals surface area contributed by atoms with E-state index in [0.717, 1.165) is 17.5 Å². The monoisotopic (exact) mass is 340 g/mol. The molecule has 0 spiro atoms. The predicted molar refractivity (Wildman–Crippen MR) is 92.1 cm³/mol. The van der Waals surface area contributed by atoms with E-state index in [1.807, 2.05) is 30.3 Å². The number of hydrogen-bond acceptors (Lipinski definition) is 4. The minimum atomic E-state index is -0.664. The fourth-order valence-electron chi connectivity index (χ4n) is 2.47. The lowest BCUT2D eigenvalue weighted by molar-refractivity contribution is -0.139. The Morgan fingerprint density at radius 3 is 2.08 bits per heavy atom. The number of rotatable bonds is 5. The standard InChI is InChI=1S/C19H20N2O4/c1-2-13-3-5-14(6-4-13)10-20-18(22)19(23)21-11-15-7-8-16-17(9-15)25-12-24-16/h3-9H,2,10-12H2,1H3,(H,20,22)(H,21,23). The summed E-state index contributed by atoms with van der Waals surface area (Å²) in [5.74, 6) is 0.0109. The minimum Gasteiger partial charge on any atom is -0.454 e. The molecule has 6 heteroatoms. The van der Waals surface area contributed by atoms with Crippen molar-refractivity contribution in [3.05, 3.63) is 59.2 Å². The van der Waals surface area contributed by atoms with Crippen molar-refractivity contribution in [3.63, 3.8) is 0 Å². The summed E-state index contributed by atoms with van der Waals surface area (Å²) in [6.07, 6.45) is 0.967. The fraction of sp³-hybridized carbons (Fsp3) is 0.263. The van der Waals surface area contributed by atoms with Crippen molar-refractivity contribution in [1.82, 2.24) is 10.6 Å². The molecule has 0 saturated carbocycles. The number of benzene rings is 2. The number of fused-ring (bicyclic) bond motifs is 1. The molecule has 6 nitrogen and oxygen atoms in total. The first kappa shape index (κ1) is 16.8. The maximum Gasteiger partial charge on any atom is 0.309 e. The number of nitrogens with one attached hydrogen (secondary N) is 2. The molecule has 0 atom stereocenters. The molecule has 1 heterocycles. The van der Waals surface area contributed by atoms with Crippen LogP contribution in [0.25, 0.3) is 0 Å². The zero-order valence-corrected chi connectivity index (χ0v) is 14.0. The molecule has 1 aliphatic heterocycles. The van der Waals surface area contributed by atoms with Crippen molar-refractivity contribution in [1.29, 1.82) is 0 Å². The molecule has 0 unspecified atom stereocenters. The van der Waals surface area contributed by atoms with Gasteiger partial charge < -0.3 is 20.1 Å². The molecular formula is C19H20N2O4. The van der Waals surface area contributed by atoms with E-state index < -0.39 is 11.8 Å². The van der Waals surface area contributed by atoms with Gasteiger partial charge in [0.2, 0.25) is 6.79 Å². The molecule has 2 aromatic rings. The van der Waals surface area contributed by atoms with Gasteiger partial charge in [0.1, 0.15) is 0 Å². The van der Waals surface area contributed by atoms with Gasteiger partial charge in [-0.25, -0.2) is 0 Å². The van der Waals surface area contributed by atoms with Crippen LogP contribution in [0.4, 0.5) is 0 Å². The second-order valence-corrected chi connectivity index (χ2v) is 5.72. The van der Waals surface area contributed by atoms with Gasteiger partial charge in [-0.3, -0.25) is 9.59 Å². The average Bonchev–Trinajstić information content (AvgIpc) is 3.12. The molecule has 25 heavy (non-hydrogen) atoms. The van der Waals surface area contributed by atoms with Crippen LogP contribution in [0.15, 0.2) is 42.5 Å². The summed E-state index contributed by atoms with van der Waals surface area (Å²) < 4.78 is 10.5. The second kappa shape index (κ2) is 7.70. The Morgan fingerprint density at radius 2 is 1.40 bits per heavy atom. The fourth-order valence-corrected chi connectivity index (χ4v) is 2.47. The topological polar surface area (TPSA) is 76.7 Å². The highest BCUT2D eigenvalue weighted by molar-refractivity contribution is 6.35. The highest BCUT2D eigenvalue weighted by Crippen LogP contribution is 2.32. The molecule has 0 saturated heterocycles. The van der Waals surface area contributed by atoms with Crippen LogP contribution in [0.2, 0.25) is 0 Å². The predicted octanol–water partition coefficient (Wildman–Crippen LogP) is 1.91. The lowest BCUT2D eigenvalue weighted by atomic mass is 10.1. The molecule has 2 N–H and O–H groups in total. The molecular weight excluding hydrogens is 320 g/mol. The van der Waals surface area contributed by atoms with Gasteiger partial charge in [0.25, 0.3) is 0 Å². The van der Waals surface area contributed by atoms with Gasteiger partial charge in [0.05, 0.1) is 0 Å². The van der Waals surface area contributed by atoms with E-state index in [1.54, 1.807) is 12.1 Å². The molecule has 0 aliphatic carbocycles. The van der Waals surface area contributed by atoms with Crippen LogP contribution in [-0.4, -0.2) is 18.6 Å². The van der Waals surface area contributed by atoms with E-state index in [4.69, 9.17) is 9.47 Å². The van der Waals surface area contributed by atoms with Crippen molar-refractivity contribution in [3.8, 4) is 11.5 Å². The Labute approximate surface area is 146 Å². The first-order valence-electron chi connectivity index (χ1n) is 8.18. The highest BCUT2D eigenvalue weighted by Gasteiger charge is 2.15. The molecule has 0 bridgehead atoms. The quantitative estimate of drug-likeness (QED) is 0.815. The van der Waals surface area contributed by atoms with Gasteiger partial charge in [0.15, 0.2) is 11.5 Å². The Bertz CT molecular complexity index is 771. The van der Waals surface area contributed by atoms with Crippen molar-refractivity contribution in [2.45, 2.75) is 26.4 Å². The molecule has 1 aliphatic rings. The summed E-state index contributed by atoms with van der Waals surface area (Å²) in [5, 5.41) is 5.22. The largest absolute Gasteiger partial charge is 0.454 e. The summed E-state index contributed by atoms with van der Waals surface area (Å²) in [5.41, 5.74) is 3.02. The zero-order chi connectivity index (χ0) is 17.6. The summed E-state index contributed by atoms with van der Waals surface area (Å²) in [7, 11) is 0. The van der Waals surface area contributed by atoms with Crippen LogP contribution in [0.1, 0.15) is 23.6 Å². The molecule has 2 amide bonds. The van der Waals surface area contributed by atoms with Gasteiger partial charge >= 0.3 is 11.8 Å². The third-order valence-corrected chi connectivity index (χ3v) is 3.98. The van der Waals surface area contributed by atoms with E-state index in [2.05, 4.69) is 17.6 Å². The lowest BCUT2D eigenvalue weighted by Gasteiger charge is -2.08. The number of ether oxygens (including phenoxy) is 2. The Balaban J connectivity index is 1.46. The zero-order valence-electron chi connectivity index (χ0n) is 14.0. The lowest BCUT2D eigenvalue weighted by Crippen LogP contribution is -2.39. The van der Waals surface area contributed by atoms with Crippen LogP contribution >= 0.6 is 0 Å². The maximum absolute atomic E-state index is 11.9. The van der Waals surface area contributed by atoms with Gasteiger partial charge in [0, 0.05) is 13.1 Å². The smallest absolute Gasteiger partial charge is 0.309 e. The molecule has 2 aromatic carbocycles. The van der Waals surface area contributed by atoms with Gasteiger partial charge in [-0.15, -0.1) is 0 Å². The van der Waals surface area contributed by atoms with Crippen molar-refractivity contribution < 1.29 is 19.1 Å². The van der Waals surface area contributed by atoms with E-state index in [-0.39, 0.29) is 13.3 Å². The van der Waals surface area contributed by atoms with E-state index in [0.29, 0.717) is 18.0 Å². The Morgan fingerprint density at radius 1 is 0.840 bits per heavy atom. The number of carbonyl (C=O) groups is 2. The van der Waals surface area contributed by atoms with Crippen molar-refractivity contribution in [2.24, 2.45) is 0 Å². The summed E-state index contributed by atoms with van der Waals surface area (Å²) >= 11 is 0. The molecule has 0 aromatic heterocycles. The SMILES string of the molecule is CCc1ccc(CNC(=O)C(=O)NCc2ccc3c(c2)OCO3)cc1. The molecule has 3 rings (SSSR count). The average molecular weight is 340 g/mol. The van der Waals surface area contributed by atoms with Gasteiger partial charge in [-0.1, -0.05) is 37.3 Å². The Kier molecular flexibility index (Phi) is 5.18. The molecule has 0 radical (unpaired) electrons. The molecule has 130 valence electrons. The van der Waals surface area contributed by atoms with Crippen molar-refractivity contribution >= 4 is 11.8 Å². The Hall–Kier alpha value is -3.02. The van der Waals surface area contributed by atoms with Gasteiger partial charge in [-0.2, -0.15) is 0 Å². The normalized spacial score (nSPS) is 11.9. The summed E-state index contributed by atoms with van der Waals surface area (Å²) in [6.45, 7) is 2.85. The third kappa shape index (κ3) is 4.29. The van der Waals surface area contributed by atoms with E-state index in [1.165, 1.54) is 5.56 Å². The van der Waals surface area contributed by atoms with Crippen LogP contribution in [0, 0.1) is 0 Å². The second-order valence-electron chi connectivity index (χ2n) is 5.72. The number of hydrogen-bond donors (Lipinski definition) is 2. The van der Waals surface area contributed by atoms with Gasteiger partial charge in [-0.05, 0) is 35.2 Å². The number of carbonyl (C=O) groups excluding carboxylic acids is 2. The van der Waals surface area contributed by atoms with Crippen LogP contribution < -0.4 is 20.1 Å². The number of amides is 2. The van der Waals surface area contributed by atoms with E-state index >= 15 is 0 Å². The van der Waals surface area contributed by atoms with Crippen LogP contribution in [0.5, 0.6) is 11.5 Å². The van der Waals surface area contributed by atoms with E-state index in [9.17, 15) is 9.59 Å². The van der Waals surface area contributed by atoms with Crippen LogP contribution in [-0.2, 0) is 29.1 Å². The highest BCUT2D eigenvalue weighted by atomic mass is 16.7. The summed E-state index contributed by atoms with van der Waals surface area (Å²) in [6, 6.07) is 13.3. The maximum atomic E-state index is 11.9. The summed E-state index contributed by atoms with van der Waals surface area (Å²) in [4.78, 5) is 23.8. The van der Waals surface area contributed by atoms with Crippen molar-refractivity contribution in [2.75, 3.05) is 6.79 Å². The first-order chi connectivity index (χ1) is 12.2. The first-order valence-corrected chi connectivity index (χ1v) is 8.18. The molecule has 0 fully saturated rings.